The second kappa shape index (κ2) is 7.45. The lowest BCUT2D eigenvalue weighted by Crippen LogP contribution is -2.23. The van der Waals surface area contributed by atoms with Crippen LogP contribution < -0.4 is 10.1 Å². The fourth-order valence-corrected chi connectivity index (χ4v) is 2.05. The molecule has 0 bridgehead atoms. The van der Waals surface area contributed by atoms with Gasteiger partial charge in [-0.25, -0.2) is 0 Å². The zero-order valence-corrected chi connectivity index (χ0v) is 13.5. The van der Waals surface area contributed by atoms with Crippen molar-refractivity contribution in [1.82, 2.24) is 10.2 Å². The van der Waals surface area contributed by atoms with Crippen molar-refractivity contribution >= 4 is 11.8 Å². The number of carbonyl (C=O) groups excluding carboxylic acids is 2. The fourth-order valence-electron chi connectivity index (χ4n) is 2.05. The van der Waals surface area contributed by atoms with Crippen LogP contribution in [-0.2, 0) is 6.54 Å². The van der Waals surface area contributed by atoms with E-state index in [4.69, 9.17) is 4.74 Å². The molecule has 2 amide bonds. The maximum absolute atomic E-state index is 12.1. The summed E-state index contributed by atoms with van der Waals surface area (Å²) in [5, 5.41) is 2.85. The summed E-state index contributed by atoms with van der Waals surface area (Å²) in [6.07, 6.45) is 0. The predicted molar refractivity (Wildman–Crippen MR) is 88.6 cm³/mol. The van der Waals surface area contributed by atoms with Gasteiger partial charge in [0.1, 0.15) is 5.75 Å². The highest BCUT2D eigenvalue weighted by molar-refractivity contribution is 5.94. The van der Waals surface area contributed by atoms with E-state index in [9.17, 15) is 9.59 Å². The normalized spacial score (nSPS) is 10.0. The molecule has 0 saturated carbocycles. The van der Waals surface area contributed by atoms with Crippen LogP contribution in [0.15, 0.2) is 48.5 Å². The van der Waals surface area contributed by atoms with Crippen molar-refractivity contribution in [3.05, 3.63) is 65.2 Å². The Hall–Kier alpha value is -2.82. The van der Waals surface area contributed by atoms with Gasteiger partial charge in [-0.2, -0.15) is 0 Å². The van der Waals surface area contributed by atoms with Crippen molar-refractivity contribution in [2.45, 2.75) is 6.54 Å². The third kappa shape index (κ3) is 4.32. The van der Waals surface area contributed by atoms with E-state index in [1.165, 1.54) is 4.90 Å². The van der Waals surface area contributed by atoms with Crippen molar-refractivity contribution in [1.29, 1.82) is 0 Å². The fraction of sp³-hybridized carbons (Fsp3) is 0.222. The van der Waals surface area contributed by atoms with E-state index >= 15 is 0 Å². The quantitative estimate of drug-likeness (QED) is 0.922. The van der Waals surface area contributed by atoms with Gasteiger partial charge in [-0.1, -0.05) is 12.1 Å². The molecule has 2 aromatic carbocycles. The molecule has 0 aliphatic rings. The SMILES string of the molecule is COc1ccc(C(=O)NCc2ccc(C(=O)N(C)C)cc2)cc1. The summed E-state index contributed by atoms with van der Waals surface area (Å²) in [5.41, 5.74) is 2.13. The third-order valence-electron chi connectivity index (χ3n) is 3.41. The van der Waals surface area contributed by atoms with Gasteiger partial charge in [-0.05, 0) is 42.0 Å². The molecule has 5 nitrogen and oxygen atoms in total. The van der Waals surface area contributed by atoms with E-state index in [2.05, 4.69) is 5.32 Å². The first-order valence-electron chi connectivity index (χ1n) is 7.24. The topological polar surface area (TPSA) is 58.6 Å². The van der Waals surface area contributed by atoms with E-state index in [1.807, 2.05) is 12.1 Å². The number of nitrogens with one attached hydrogen (secondary N) is 1. The van der Waals surface area contributed by atoms with Crippen LogP contribution in [0.3, 0.4) is 0 Å². The van der Waals surface area contributed by atoms with Gasteiger partial charge in [0, 0.05) is 31.8 Å². The number of rotatable bonds is 5. The van der Waals surface area contributed by atoms with Crippen molar-refractivity contribution in [3.8, 4) is 5.75 Å². The zero-order valence-electron chi connectivity index (χ0n) is 13.5. The first-order chi connectivity index (χ1) is 11.0. The molecule has 2 rings (SSSR count). The van der Waals surface area contributed by atoms with Crippen LogP contribution in [0.1, 0.15) is 26.3 Å². The molecular weight excluding hydrogens is 292 g/mol. The Morgan fingerprint density at radius 1 is 0.957 bits per heavy atom. The summed E-state index contributed by atoms with van der Waals surface area (Å²) in [7, 11) is 5.01. The minimum atomic E-state index is -0.152. The first kappa shape index (κ1) is 16.5. The number of benzene rings is 2. The summed E-state index contributed by atoms with van der Waals surface area (Å²) < 4.78 is 5.06. The molecule has 0 aromatic heterocycles. The van der Waals surface area contributed by atoms with Gasteiger partial charge >= 0.3 is 0 Å². The van der Waals surface area contributed by atoms with Gasteiger partial charge in [-0.15, -0.1) is 0 Å². The monoisotopic (exact) mass is 312 g/mol. The Kier molecular flexibility index (Phi) is 5.36. The van der Waals surface area contributed by atoms with E-state index in [-0.39, 0.29) is 11.8 Å². The molecule has 1 N–H and O–H groups in total. The van der Waals surface area contributed by atoms with Crippen LogP contribution in [0, 0.1) is 0 Å². The van der Waals surface area contributed by atoms with Crippen LogP contribution >= 0.6 is 0 Å². The largest absolute Gasteiger partial charge is 0.497 e. The predicted octanol–water partition coefficient (Wildman–Crippen LogP) is 2.33. The molecule has 0 heterocycles. The van der Waals surface area contributed by atoms with Gasteiger partial charge in [0.25, 0.3) is 11.8 Å². The molecule has 0 fully saturated rings. The average Bonchev–Trinajstić information content (AvgIpc) is 2.59. The molecule has 5 heteroatoms. The van der Waals surface area contributed by atoms with Gasteiger partial charge < -0.3 is 15.0 Å². The molecule has 120 valence electrons. The standard InChI is InChI=1S/C18H20N2O3/c1-20(2)18(22)15-6-4-13(5-7-15)12-19-17(21)14-8-10-16(23-3)11-9-14/h4-11H,12H2,1-3H3,(H,19,21). The lowest BCUT2D eigenvalue weighted by Gasteiger charge is -2.11. The summed E-state index contributed by atoms with van der Waals surface area (Å²) in [6, 6.07) is 14.1. The Balaban J connectivity index is 1.94. The molecule has 0 atom stereocenters. The van der Waals surface area contributed by atoms with E-state index in [0.29, 0.717) is 23.4 Å². The molecular formula is C18H20N2O3. The third-order valence-corrected chi connectivity index (χ3v) is 3.41. The number of amides is 2. The lowest BCUT2D eigenvalue weighted by molar-refractivity contribution is 0.0827. The lowest BCUT2D eigenvalue weighted by atomic mass is 10.1. The van der Waals surface area contributed by atoms with Gasteiger partial charge in [0.2, 0.25) is 0 Å². The Labute approximate surface area is 135 Å². The average molecular weight is 312 g/mol. The van der Waals surface area contributed by atoms with Crippen molar-refractivity contribution in [2.75, 3.05) is 21.2 Å². The number of hydrogen-bond acceptors (Lipinski definition) is 3. The molecule has 0 aliphatic carbocycles. The summed E-state index contributed by atoms with van der Waals surface area (Å²) in [4.78, 5) is 25.4. The highest BCUT2D eigenvalue weighted by atomic mass is 16.5. The Morgan fingerprint density at radius 2 is 1.52 bits per heavy atom. The molecule has 0 radical (unpaired) electrons. The molecule has 23 heavy (non-hydrogen) atoms. The van der Waals surface area contributed by atoms with Crippen LogP contribution in [0.2, 0.25) is 0 Å². The minimum Gasteiger partial charge on any atom is -0.497 e. The summed E-state index contributed by atoms with van der Waals surface area (Å²) >= 11 is 0. The van der Waals surface area contributed by atoms with Crippen molar-refractivity contribution in [2.24, 2.45) is 0 Å². The highest BCUT2D eigenvalue weighted by Gasteiger charge is 2.08. The van der Waals surface area contributed by atoms with Crippen LogP contribution in [0.5, 0.6) is 5.75 Å². The van der Waals surface area contributed by atoms with Gasteiger partial charge in [0.15, 0.2) is 0 Å². The van der Waals surface area contributed by atoms with Crippen molar-refractivity contribution in [3.63, 3.8) is 0 Å². The Bertz CT molecular complexity index is 676. The number of methoxy groups -OCH3 is 1. The highest BCUT2D eigenvalue weighted by Crippen LogP contribution is 2.11. The molecule has 0 saturated heterocycles. The van der Waals surface area contributed by atoms with Crippen LogP contribution in [-0.4, -0.2) is 37.9 Å². The molecule has 0 aliphatic heterocycles. The molecule has 0 spiro atoms. The maximum atomic E-state index is 12.1. The molecule has 2 aromatic rings. The number of hydrogen-bond donors (Lipinski definition) is 1. The van der Waals surface area contributed by atoms with E-state index in [1.54, 1.807) is 57.6 Å². The minimum absolute atomic E-state index is 0.0428. The maximum Gasteiger partial charge on any atom is 0.253 e. The Morgan fingerprint density at radius 3 is 2.04 bits per heavy atom. The zero-order chi connectivity index (χ0) is 16.8. The van der Waals surface area contributed by atoms with Crippen LogP contribution in [0.4, 0.5) is 0 Å². The van der Waals surface area contributed by atoms with Gasteiger partial charge in [0.05, 0.1) is 7.11 Å². The number of nitrogens with zero attached hydrogens (tertiary/aromatic N) is 1. The van der Waals surface area contributed by atoms with E-state index < -0.39 is 0 Å². The summed E-state index contributed by atoms with van der Waals surface area (Å²) in [6.45, 7) is 0.404. The molecule has 0 unspecified atom stereocenters. The van der Waals surface area contributed by atoms with Crippen molar-refractivity contribution < 1.29 is 14.3 Å². The number of carbonyl (C=O) groups is 2. The second-order valence-corrected chi connectivity index (χ2v) is 5.31. The van der Waals surface area contributed by atoms with E-state index in [0.717, 1.165) is 5.56 Å². The second-order valence-electron chi connectivity index (χ2n) is 5.31. The summed E-state index contributed by atoms with van der Waals surface area (Å²) in [5.74, 6) is 0.516. The van der Waals surface area contributed by atoms with Crippen LogP contribution in [0.25, 0.3) is 0 Å². The smallest absolute Gasteiger partial charge is 0.253 e. The first-order valence-corrected chi connectivity index (χ1v) is 7.24. The number of ether oxygens (including phenoxy) is 1. The van der Waals surface area contributed by atoms with Gasteiger partial charge in [-0.3, -0.25) is 9.59 Å².